The van der Waals surface area contributed by atoms with Crippen LogP contribution < -0.4 is 4.74 Å². The molecule has 0 aromatic heterocycles. The maximum Gasteiger partial charge on any atom is 0.307 e. The quantitative estimate of drug-likeness (QED) is 0.805. The van der Waals surface area contributed by atoms with E-state index in [1.807, 2.05) is 0 Å². The lowest BCUT2D eigenvalue weighted by molar-refractivity contribution is -0.138. The van der Waals surface area contributed by atoms with E-state index >= 15 is 0 Å². The first-order valence-electron chi connectivity index (χ1n) is 4.22. The van der Waals surface area contributed by atoms with Gasteiger partial charge >= 0.3 is 5.97 Å². The van der Waals surface area contributed by atoms with E-state index in [0.29, 0.717) is 5.75 Å². The summed E-state index contributed by atoms with van der Waals surface area (Å²) in [5, 5.41) is 8.47. The summed E-state index contributed by atoms with van der Waals surface area (Å²) in [4.78, 5) is 10.3. The number of carbonyl (C=O) groups is 1. The van der Waals surface area contributed by atoms with Gasteiger partial charge in [-0.1, -0.05) is 0 Å². The van der Waals surface area contributed by atoms with Gasteiger partial charge in [0.1, 0.15) is 17.7 Å². The average molecular weight is 198 g/mol. The Balaban J connectivity index is 2.51. The molecular weight excluding hydrogens is 187 g/mol. The Hall–Kier alpha value is -1.58. The molecule has 0 aliphatic heterocycles. The van der Waals surface area contributed by atoms with Crippen molar-refractivity contribution in [3.05, 3.63) is 30.1 Å². The van der Waals surface area contributed by atoms with E-state index in [1.54, 1.807) is 6.92 Å². The third-order valence-corrected chi connectivity index (χ3v) is 1.61. The molecule has 0 bridgehead atoms. The minimum absolute atomic E-state index is 0.0720. The van der Waals surface area contributed by atoms with Gasteiger partial charge in [-0.15, -0.1) is 0 Å². The Labute approximate surface area is 81.1 Å². The summed E-state index contributed by atoms with van der Waals surface area (Å²) in [5.74, 6) is -0.789. The monoisotopic (exact) mass is 198 g/mol. The summed E-state index contributed by atoms with van der Waals surface area (Å²) in [6, 6.07) is 5.47. The highest BCUT2D eigenvalue weighted by Crippen LogP contribution is 2.13. The SMILES string of the molecule is CC(CC(=O)O)Oc1ccc(F)cc1. The van der Waals surface area contributed by atoms with E-state index in [0.717, 1.165) is 0 Å². The maximum absolute atomic E-state index is 12.5. The number of benzene rings is 1. The smallest absolute Gasteiger partial charge is 0.307 e. The fourth-order valence-electron chi connectivity index (χ4n) is 1.03. The number of hydrogen-bond acceptors (Lipinski definition) is 2. The lowest BCUT2D eigenvalue weighted by Crippen LogP contribution is -2.16. The molecule has 0 saturated carbocycles. The second kappa shape index (κ2) is 4.60. The fourth-order valence-corrected chi connectivity index (χ4v) is 1.03. The number of hydrogen-bond donors (Lipinski definition) is 1. The highest BCUT2D eigenvalue weighted by atomic mass is 19.1. The molecule has 3 nitrogen and oxygen atoms in total. The zero-order valence-electron chi connectivity index (χ0n) is 7.74. The van der Waals surface area contributed by atoms with Crippen LogP contribution in [0.3, 0.4) is 0 Å². The highest BCUT2D eigenvalue weighted by Gasteiger charge is 2.08. The van der Waals surface area contributed by atoms with Gasteiger partial charge < -0.3 is 9.84 Å². The van der Waals surface area contributed by atoms with Crippen LogP contribution >= 0.6 is 0 Å². The van der Waals surface area contributed by atoms with Crippen LogP contribution in [-0.4, -0.2) is 17.2 Å². The first-order chi connectivity index (χ1) is 6.58. The summed E-state index contributed by atoms with van der Waals surface area (Å²) in [5.41, 5.74) is 0. The molecule has 14 heavy (non-hydrogen) atoms. The average Bonchev–Trinajstić information content (AvgIpc) is 2.07. The summed E-state index contributed by atoms with van der Waals surface area (Å²) < 4.78 is 17.7. The predicted molar refractivity (Wildman–Crippen MR) is 48.7 cm³/mol. The van der Waals surface area contributed by atoms with E-state index in [9.17, 15) is 9.18 Å². The Kier molecular flexibility index (Phi) is 3.45. The third-order valence-electron chi connectivity index (χ3n) is 1.61. The lowest BCUT2D eigenvalue weighted by Gasteiger charge is -2.11. The van der Waals surface area contributed by atoms with Crippen LogP contribution in [0.25, 0.3) is 0 Å². The van der Waals surface area contributed by atoms with Gasteiger partial charge in [0.2, 0.25) is 0 Å². The topological polar surface area (TPSA) is 46.5 Å². The minimum atomic E-state index is -0.917. The minimum Gasteiger partial charge on any atom is -0.490 e. The number of halogens is 1. The van der Waals surface area contributed by atoms with Crippen molar-refractivity contribution in [2.24, 2.45) is 0 Å². The second-order valence-electron chi connectivity index (χ2n) is 2.98. The molecule has 1 aromatic rings. The van der Waals surface area contributed by atoms with Gasteiger partial charge in [0, 0.05) is 0 Å². The van der Waals surface area contributed by atoms with Crippen LogP contribution in [0.15, 0.2) is 24.3 Å². The van der Waals surface area contributed by atoms with Crippen LogP contribution in [0, 0.1) is 5.82 Å². The number of carboxylic acid groups (broad SMARTS) is 1. The molecule has 1 unspecified atom stereocenters. The van der Waals surface area contributed by atoms with Gasteiger partial charge in [-0.05, 0) is 31.2 Å². The van der Waals surface area contributed by atoms with Crippen LogP contribution in [0.2, 0.25) is 0 Å². The molecule has 0 saturated heterocycles. The normalized spacial score (nSPS) is 12.1. The first-order valence-corrected chi connectivity index (χ1v) is 4.22. The van der Waals surface area contributed by atoms with Crippen LogP contribution in [0.5, 0.6) is 5.75 Å². The van der Waals surface area contributed by atoms with Crippen molar-refractivity contribution in [3.8, 4) is 5.75 Å². The maximum atomic E-state index is 12.5. The van der Waals surface area contributed by atoms with Crippen molar-refractivity contribution in [3.63, 3.8) is 0 Å². The van der Waals surface area contributed by atoms with E-state index < -0.39 is 12.1 Å². The molecule has 1 atom stereocenters. The molecule has 0 aliphatic carbocycles. The molecule has 1 aromatic carbocycles. The summed E-state index contributed by atoms with van der Waals surface area (Å²) in [6.45, 7) is 1.65. The van der Waals surface area contributed by atoms with Crippen molar-refractivity contribution in [2.45, 2.75) is 19.4 Å². The van der Waals surface area contributed by atoms with Gasteiger partial charge in [-0.2, -0.15) is 0 Å². The molecule has 4 heteroatoms. The fraction of sp³-hybridized carbons (Fsp3) is 0.300. The molecule has 0 spiro atoms. The molecule has 76 valence electrons. The van der Waals surface area contributed by atoms with Crippen molar-refractivity contribution < 1.29 is 19.0 Å². The van der Waals surface area contributed by atoms with E-state index in [1.165, 1.54) is 24.3 Å². The van der Waals surface area contributed by atoms with Gasteiger partial charge in [-0.25, -0.2) is 4.39 Å². The zero-order chi connectivity index (χ0) is 10.6. The predicted octanol–water partition coefficient (Wildman–Crippen LogP) is 2.07. The Morgan fingerprint density at radius 1 is 1.50 bits per heavy atom. The van der Waals surface area contributed by atoms with Crippen molar-refractivity contribution in [1.29, 1.82) is 0 Å². The summed E-state index contributed by atoms with van der Waals surface area (Å²) in [7, 11) is 0. The van der Waals surface area contributed by atoms with E-state index in [2.05, 4.69) is 0 Å². The number of aliphatic carboxylic acids is 1. The number of carboxylic acids is 1. The Morgan fingerprint density at radius 2 is 2.07 bits per heavy atom. The second-order valence-corrected chi connectivity index (χ2v) is 2.98. The molecule has 0 fully saturated rings. The van der Waals surface area contributed by atoms with Crippen molar-refractivity contribution >= 4 is 5.97 Å². The molecule has 1 N–H and O–H groups in total. The van der Waals surface area contributed by atoms with Crippen LogP contribution in [0.1, 0.15) is 13.3 Å². The first kappa shape index (κ1) is 10.5. The third kappa shape index (κ3) is 3.43. The number of rotatable bonds is 4. The van der Waals surface area contributed by atoms with Gasteiger partial charge in [-0.3, -0.25) is 4.79 Å². The van der Waals surface area contributed by atoms with Gasteiger partial charge in [0.05, 0.1) is 6.42 Å². The van der Waals surface area contributed by atoms with E-state index in [-0.39, 0.29) is 12.2 Å². The van der Waals surface area contributed by atoms with E-state index in [4.69, 9.17) is 9.84 Å². The molecule has 0 aliphatic rings. The highest BCUT2D eigenvalue weighted by molar-refractivity contribution is 5.67. The van der Waals surface area contributed by atoms with Crippen LogP contribution in [0.4, 0.5) is 4.39 Å². The molecule has 0 heterocycles. The Morgan fingerprint density at radius 3 is 2.57 bits per heavy atom. The van der Waals surface area contributed by atoms with Gasteiger partial charge in [0.25, 0.3) is 0 Å². The summed E-state index contributed by atoms with van der Waals surface area (Å²) >= 11 is 0. The summed E-state index contributed by atoms with van der Waals surface area (Å²) in [6.07, 6.45) is -0.491. The Bertz CT molecular complexity index is 308. The zero-order valence-corrected chi connectivity index (χ0v) is 7.74. The van der Waals surface area contributed by atoms with Gasteiger partial charge in [0.15, 0.2) is 0 Å². The standard InChI is InChI=1S/C10H11FO3/c1-7(6-10(12)13)14-9-4-2-8(11)3-5-9/h2-5,7H,6H2,1H3,(H,12,13). The number of ether oxygens (including phenoxy) is 1. The largest absolute Gasteiger partial charge is 0.490 e. The van der Waals surface area contributed by atoms with Crippen molar-refractivity contribution in [1.82, 2.24) is 0 Å². The van der Waals surface area contributed by atoms with Crippen molar-refractivity contribution in [2.75, 3.05) is 0 Å². The molecule has 1 rings (SSSR count). The molecule has 0 radical (unpaired) electrons. The molecular formula is C10H11FO3. The lowest BCUT2D eigenvalue weighted by atomic mass is 10.3. The molecule has 0 amide bonds. The van der Waals surface area contributed by atoms with Crippen LogP contribution in [-0.2, 0) is 4.79 Å².